The number of hydrogen-bond donors (Lipinski definition) is 2. The molecular weight excluding hydrogens is 416 g/mol. The molecule has 0 fully saturated rings. The summed E-state index contributed by atoms with van der Waals surface area (Å²) in [5.74, 6) is 2.01. The Morgan fingerprint density at radius 3 is 2.24 bits per heavy atom. The molecular formula is C27H32N2O4. The zero-order chi connectivity index (χ0) is 23.6. The Bertz CT molecular complexity index is 1040. The fourth-order valence-corrected chi connectivity index (χ4v) is 3.69. The van der Waals surface area contributed by atoms with Crippen molar-refractivity contribution in [1.82, 2.24) is 10.6 Å². The molecule has 0 saturated heterocycles. The number of nitrogens with one attached hydrogen (secondary N) is 2. The van der Waals surface area contributed by atoms with Gasteiger partial charge in [-0.05, 0) is 29.2 Å². The quantitative estimate of drug-likeness (QED) is 0.423. The molecule has 0 aliphatic rings. The van der Waals surface area contributed by atoms with Crippen molar-refractivity contribution in [3.05, 3.63) is 77.4 Å². The van der Waals surface area contributed by atoms with E-state index in [-0.39, 0.29) is 5.91 Å². The van der Waals surface area contributed by atoms with E-state index in [1.54, 1.807) is 14.2 Å². The molecule has 0 bridgehead atoms. The van der Waals surface area contributed by atoms with Crippen LogP contribution in [0.2, 0.25) is 0 Å². The van der Waals surface area contributed by atoms with Crippen LogP contribution in [-0.2, 0) is 17.9 Å². The summed E-state index contributed by atoms with van der Waals surface area (Å²) in [5.41, 5.74) is 5.61. The van der Waals surface area contributed by atoms with Crippen LogP contribution >= 0.6 is 0 Å². The fourth-order valence-electron chi connectivity index (χ4n) is 3.69. The van der Waals surface area contributed by atoms with Crippen molar-refractivity contribution in [3.8, 4) is 28.4 Å². The molecule has 2 N–H and O–H groups in total. The summed E-state index contributed by atoms with van der Waals surface area (Å²) in [6, 6.07) is 20.4. The van der Waals surface area contributed by atoms with Crippen molar-refractivity contribution in [2.24, 2.45) is 0 Å². The van der Waals surface area contributed by atoms with Gasteiger partial charge in [-0.2, -0.15) is 0 Å². The first-order valence-corrected chi connectivity index (χ1v) is 11.0. The van der Waals surface area contributed by atoms with Crippen molar-refractivity contribution in [2.45, 2.75) is 27.0 Å². The molecule has 0 aliphatic heterocycles. The minimum Gasteiger partial charge on any atom is -0.496 e. The first-order valence-electron chi connectivity index (χ1n) is 11.0. The molecule has 6 nitrogen and oxygen atoms in total. The summed E-state index contributed by atoms with van der Waals surface area (Å²) in [6.45, 7) is 5.81. The van der Waals surface area contributed by atoms with Gasteiger partial charge in [-0.1, -0.05) is 48.5 Å². The molecule has 0 atom stereocenters. The zero-order valence-electron chi connectivity index (χ0n) is 19.7. The average molecular weight is 449 g/mol. The Hall–Kier alpha value is -3.51. The van der Waals surface area contributed by atoms with Crippen LogP contribution in [0.4, 0.5) is 0 Å². The first kappa shape index (κ1) is 24.1. The van der Waals surface area contributed by atoms with E-state index in [0.717, 1.165) is 11.1 Å². The van der Waals surface area contributed by atoms with Crippen LogP contribution in [0.5, 0.6) is 17.2 Å². The van der Waals surface area contributed by atoms with Crippen LogP contribution in [0.3, 0.4) is 0 Å². The minimum atomic E-state index is -0.0435. The molecule has 174 valence electrons. The predicted molar refractivity (Wildman–Crippen MR) is 131 cm³/mol. The summed E-state index contributed by atoms with van der Waals surface area (Å²) in [4.78, 5) is 11.0. The van der Waals surface area contributed by atoms with E-state index in [1.165, 1.54) is 23.6 Å². The number of benzene rings is 3. The molecule has 3 aromatic rings. The second kappa shape index (κ2) is 11.9. The van der Waals surface area contributed by atoms with Gasteiger partial charge >= 0.3 is 0 Å². The molecule has 0 unspecified atom stereocenters. The number of carbonyl (C=O) groups is 1. The van der Waals surface area contributed by atoms with E-state index in [1.807, 2.05) is 30.3 Å². The number of methoxy groups -OCH3 is 2. The Kier molecular flexibility index (Phi) is 8.72. The lowest BCUT2D eigenvalue weighted by molar-refractivity contribution is -0.118. The number of ether oxygens (including phenoxy) is 3. The highest BCUT2D eigenvalue weighted by molar-refractivity contribution is 5.72. The van der Waals surface area contributed by atoms with E-state index in [4.69, 9.17) is 14.2 Å². The van der Waals surface area contributed by atoms with Crippen LogP contribution in [0.25, 0.3) is 11.1 Å². The first-order chi connectivity index (χ1) is 16.0. The Morgan fingerprint density at radius 1 is 0.909 bits per heavy atom. The minimum absolute atomic E-state index is 0.0435. The highest BCUT2D eigenvalue weighted by Crippen LogP contribution is 2.35. The summed E-state index contributed by atoms with van der Waals surface area (Å²) in [5, 5.41) is 6.06. The molecule has 0 radical (unpaired) electrons. The number of rotatable bonds is 11. The molecule has 0 aromatic heterocycles. The van der Waals surface area contributed by atoms with E-state index in [0.29, 0.717) is 43.5 Å². The fraction of sp³-hybridized carbons (Fsp3) is 0.296. The summed E-state index contributed by atoms with van der Waals surface area (Å²) in [7, 11) is 3.26. The largest absolute Gasteiger partial charge is 0.496 e. The van der Waals surface area contributed by atoms with E-state index >= 15 is 0 Å². The van der Waals surface area contributed by atoms with Gasteiger partial charge in [0.1, 0.15) is 23.9 Å². The highest BCUT2D eigenvalue weighted by atomic mass is 16.5. The van der Waals surface area contributed by atoms with Gasteiger partial charge in [0.15, 0.2) is 0 Å². The molecule has 0 spiro atoms. The lowest BCUT2D eigenvalue weighted by atomic mass is 9.97. The van der Waals surface area contributed by atoms with Crippen LogP contribution in [0, 0.1) is 6.92 Å². The molecule has 1 amide bonds. The second-order valence-electron chi connectivity index (χ2n) is 7.71. The molecule has 33 heavy (non-hydrogen) atoms. The molecule has 3 rings (SSSR count). The zero-order valence-corrected chi connectivity index (χ0v) is 19.7. The Labute approximate surface area is 195 Å². The van der Waals surface area contributed by atoms with Crippen molar-refractivity contribution in [1.29, 1.82) is 0 Å². The summed E-state index contributed by atoms with van der Waals surface area (Å²) in [6.07, 6.45) is 0. The Morgan fingerprint density at radius 2 is 1.61 bits per heavy atom. The predicted octanol–water partition coefficient (Wildman–Crippen LogP) is 4.48. The smallest absolute Gasteiger partial charge is 0.216 e. The number of carbonyl (C=O) groups excluding carboxylic acids is 1. The lowest BCUT2D eigenvalue weighted by Crippen LogP contribution is -2.30. The number of hydrogen-bond acceptors (Lipinski definition) is 5. The van der Waals surface area contributed by atoms with Gasteiger partial charge in [-0.25, -0.2) is 0 Å². The van der Waals surface area contributed by atoms with Gasteiger partial charge in [-0.15, -0.1) is 0 Å². The Balaban J connectivity index is 1.72. The summed E-state index contributed by atoms with van der Waals surface area (Å²) < 4.78 is 17.4. The van der Waals surface area contributed by atoms with Gasteiger partial charge in [0.05, 0.1) is 19.8 Å². The molecule has 0 heterocycles. The summed E-state index contributed by atoms with van der Waals surface area (Å²) >= 11 is 0. The van der Waals surface area contributed by atoms with Gasteiger partial charge in [0.2, 0.25) is 5.91 Å². The molecule has 0 saturated carbocycles. The highest BCUT2D eigenvalue weighted by Gasteiger charge is 2.14. The van der Waals surface area contributed by atoms with Gasteiger partial charge in [-0.3, -0.25) is 4.79 Å². The third-order valence-corrected chi connectivity index (χ3v) is 5.48. The van der Waals surface area contributed by atoms with Crippen LogP contribution < -0.4 is 24.8 Å². The van der Waals surface area contributed by atoms with Crippen LogP contribution in [0.1, 0.15) is 23.6 Å². The monoisotopic (exact) mass is 448 g/mol. The molecule has 0 aliphatic carbocycles. The second-order valence-corrected chi connectivity index (χ2v) is 7.71. The van der Waals surface area contributed by atoms with Crippen LogP contribution in [0.15, 0.2) is 60.7 Å². The topological polar surface area (TPSA) is 68.8 Å². The van der Waals surface area contributed by atoms with E-state index in [9.17, 15) is 4.79 Å². The maximum Gasteiger partial charge on any atom is 0.216 e. The third-order valence-electron chi connectivity index (χ3n) is 5.48. The van der Waals surface area contributed by atoms with Crippen molar-refractivity contribution in [2.75, 3.05) is 27.3 Å². The van der Waals surface area contributed by atoms with Crippen LogP contribution in [-0.4, -0.2) is 33.2 Å². The standard InChI is InChI=1S/C27H32N2O4/c1-19-22(11-8-12-24(19)21-9-6-5-7-10-21)18-33-23-15-26(31-3)25(27(16-23)32-4)17-28-13-14-29-20(2)30/h5-12,15-16,28H,13-14,17-18H2,1-4H3,(H,29,30). The van der Waals surface area contributed by atoms with Crippen molar-refractivity contribution < 1.29 is 19.0 Å². The van der Waals surface area contributed by atoms with Crippen molar-refractivity contribution >= 4 is 5.91 Å². The average Bonchev–Trinajstić information content (AvgIpc) is 2.83. The normalized spacial score (nSPS) is 10.5. The molecule has 3 aromatic carbocycles. The van der Waals surface area contributed by atoms with Gasteiger partial charge in [0.25, 0.3) is 0 Å². The third kappa shape index (κ3) is 6.49. The van der Waals surface area contributed by atoms with Gasteiger partial charge in [0, 0.05) is 38.7 Å². The van der Waals surface area contributed by atoms with Gasteiger partial charge < -0.3 is 24.8 Å². The lowest BCUT2D eigenvalue weighted by Gasteiger charge is -2.17. The maximum atomic E-state index is 11.0. The van der Waals surface area contributed by atoms with E-state index < -0.39 is 0 Å². The van der Waals surface area contributed by atoms with Crippen molar-refractivity contribution in [3.63, 3.8) is 0 Å². The molecule has 6 heteroatoms. The van der Waals surface area contributed by atoms with E-state index in [2.05, 4.69) is 47.9 Å². The maximum absolute atomic E-state index is 11.0. The number of amides is 1. The SMILES string of the molecule is COc1cc(OCc2cccc(-c3ccccc3)c2C)cc(OC)c1CNCCNC(C)=O.